The Morgan fingerprint density at radius 3 is 2.65 bits per heavy atom. The van der Waals surface area contributed by atoms with Crippen LogP contribution in [-0.2, 0) is 21.8 Å². The van der Waals surface area contributed by atoms with E-state index in [0.29, 0.717) is 16.7 Å². The number of nitrogens with zero attached hydrogens (tertiary/aromatic N) is 1. The molecule has 6 heteroatoms. The Bertz CT molecular complexity index is 459. The highest BCUT2D eigenvalue weighted by molar-refractivity contribution is 6.17. The topological polar surface area (TPSA) is 69.4 Å². The minimum atomic E-state index is -0.463. The summed E-state index contributed by atoms with van der Waals surface area (Å²) in [7, 11) is 1.29. The molecule has 17 heavy (non-hydrogen) atoms. The van der Waals surface area contributed by atoms with E-state index in [1.54, 1.807) is 19.1 Å². The summed E-state index contributed by atoms with van der Waals surface area (Å²) in [6, 6.07) is 3.17. The zero-order valence-electron chi connectivity index (χ0n) is 9.53. The molecule has 0 amide bonds. The van der Waals surface area contributed by atoms with Crippen LogP contribution in [0, 0.1) is 17.0 Å². The van der Waals surface area contributed by atoms with Crippen molar-refractivity contribution in [2.75, 3.05) is 7.11 Å². The van der Waals surface area contributed by atoms with Gasteiger partial charge in [-0.2, -0.15) is 0 Å². The third-order valence-corrected chi connectivity index (χ3v) is 2.63. The number of halogens is 1. The van der Waals surface area contributed by atoms with Crippen molar-refractivity contribution >= 4 is 23.3 Å². The van der Waals surface area contributed by atoms with E-state index in [-0.39, 0.29) is 18.0 Å². The number of methoxy groups -OCH3 is 1. The zero-order chi connectivity index (χ0) is 13.0. The molecule has 0 saturated heterocycles. The number of hydrogen-bond donors (Lipinski definition) is 0. The summed E-state index contributed by atoms with van der Waals surface area (Å²) in [5, 5.41) is 10.8. The number of hydrogen-bond acceptors (Lipinski definition) is 4. The third kappa shape index (κ3) is 3.17. The normalized spacial score (nSPS) is 10.1. The van der Waals surface area contributed by atoms with Gasteiger partial charge in [0, 0.05) is 11.1 Å². The molecule has 1 aromatic carbocycles. The Labute approximate surface area is 103 Å². The second-order valence-electron chi connectivity index (χ2n) is 3.56. The maximum Gasteiger partial charge on any atom is 0.309 e. The van der Waals surface area contributed by atoms with Crippen LogP contribution in [0.15, 0.2) is 12.1 Å². The van der Waals surface area contributed by atoms with Crippen molar-refractivity contribution in [1.82, 2.24) is 0 Å². The number of benzene rings is 1. The summed E-state index contributed by atoms with van der Waals surface area (Å²) in [6.45, 7) is 1.62. The predicted molar refractivity (Wildman–Crippen MR) is 63.1 cm³/mol. The average Bonchev–Trinajstić information content (AvgIpc) is 2.27. The molecule has 1 aromatic rings. The zero-order valence-corrected chi connectivity index (χ0v) is 10.3. The molecule has 0 aliphatic heterocycles. The molecule has 0 aliphatic carbocycles. The maximum atomic E-state index is 11.1. The van der Waals surface area contributed by atoms with Crippen molar-refractivity contribution in [2.24, 2.45) is 0 Å². The molecule has 1 rings (SSSR count). The van der Waals surface area contributed by atoms with Crippen LogP contribution >= 0.6 is 11.6 Å². The standard InChI is InChI=1S/C11H12ClNO4/c1-7-3-8(5-10(14)17-2)4-9(6-12)11(7)13(15)16/h3-4H,5-6H2,1-2H3. The number of rotatable bonds is 4. The van der Waals surface area contributed by atoms with Crippen molar-refractivity contribution in [3.63, 3.8) is 0 Å². The Hall–Kier alpha value is -1.62. The van der Waals surface area contributed by atoms with Crippen LogP contribution in [0.2, 0.25) is 0 Å². The Balaban J connectivity index is 3.17. The summed E-state index contributed by atoms with van der Waals surface area (Å²) in [4.78, 5) is 21.5. The number of alkyl halides is 1. The minimum Gasteiger partial charge on any atom is -0.469 e. The minimum absolute atomic E-state index is 0.00798. The van der Waals surface area contributed by atoms with Crippen LogP contribution in [0.3, 0.4) is 0 Å². The fourth-order valence-corrected chi connectivity index (χ4v) is 1.84. The Kier molecular flexibility index (Phi) is 4.45. The molecule has 0 bridgehead atoms. The molecule has 0 saturated carbocycles. The first-order chi connectivity index (χ1) is 7.99. The van der Waals surface area contributed by atoms with Crippen molar-refractivity contribution < 1.29 is 14.5 Å². The van der Waals surface area contributed by atoms with Gasteiger partial charge in [0.15, 0.2) is 0 Å². The summed E-state index contributed by atoms with van der Waals surface area (Å²) in [5.41, 5.74) is 1.58. The summed E-state index contributed by atoms with van der Waals surface area (Å²) in [6.07, 6.45) is 0.0826. The number of esters is 1. The lowest BCUT2D eigenvalue weighted by Gasteiger charge is -2.06. The quantitative estimate of drug-likeness (QED) is 0.359. The summed E-state index contributed by atoms with van der Waals surface area (Å²) >= 11 is 5.67. The van der Waals surface area contributed by atoms with Crippen molar-refractivity contribution in [3.05, 3.63) is 38.9 Å². The van der Waals surface area contributed by atoms with E-state index < -0.39 is 10.9 Å². The van der Waals surface area contributed by atoms with Crippen LogP contribution in [0.25, 0.3) is 0 Å². The molecule has 0 unspecified atom stereocenters. The maximum absolute atomic E-state index is 11.1. The highest BCUT2D eigenvalue weighted by atomic mass is 35.5. The molecule has 0 radical (unpaired) electrons. The highest BCUT2D eigenvalue weighted by Gasteiger charge is 2.18. The lowest BCUT2D eigenvalue weighted by Crippen LogP contribution is -2.06. The van der Waals surface area contributed by atoms with Gasteiger partial charge in [-0.3, -0.25) is 14.9 Å². The molecular weight excluding hydrogens is 246 g/mol. The van der Waals surface area contributed by atoms with E-state index in [2.05, 4.69) is 4.74 Å². The van der Waals surface area contributed by atoms with Gasteiger partial charge in [-0.25, -0.2) is 0 Å². The molecule has 0 aliphatic rings. The van der Waals surface area contributed by atoms with E-state index in [1.807, 2.05) is 0 Å². The van der Waals surface area contributed by atoms with Crippen LogP contribution in [0.5, 0.6) is 0 Å². The molecule has 0 heterocycles. The second-order valence-corrected chi connectivity index (χ2v) is 3.83. The van der Waals surface area contributed by atoms with Gasteiger partial charge in [0.25, 0.3) is 5.69 Å². The largest absolute Gasteiger partial charge is 0.469 e. The van der Waals surface area contributed by atoms with E-state index in [4.69, 9.17) is 11.6 Å². The van der Waals surface area contributed by atoms with Gasteiger partial charge in [0.05, 0.1) is 24.3 Å². The number of carbonyl (C=O) groups is 1. The van der Waals surface area contributed by atoms with E-state index in [1.165, 1.54) is 7.11 Å². The number of aryl methyl sites for hydroxylation is 1. The molecule has 0 aromatic heterocycles. The Morgan fingerprint density at radius 2 is 2.18 bits per heavy atom. The van der Waals surface area contributed by atoms with E-state index in [0.717, 1.165) is 0 Å². The average molecular weight is 258 g/mol. The van der Waals surface area contributed by atoms with Gasteiger partial charge < -0.3 is 4.74 Å². The number of nitro groups is 1. The first-order valence-corrected chi connectivity index (χ1v) is 5.42. The fourth-order valence-electron chi connectivity index (χ4n) is 1.64. The van der Waals surface area contributed by atoms with Crippen LogP contribution in [0.4, 0.5) is 5.69 Å². The SMILES string of the molecule is COC(=O)Cc1cc(C)c([N+](=O)[O-])c(CCl)c1. The van der Waals surface area contributed by atoms with Crippen LogP contribution < -0.4 is 0 Å². The third-order valence-electron chi connectivity index (χ3n) is 2.34. The van der Waals surface area contributed by atoms with Gasteiger partial charge in [-0.15, -0.1) is 11.6 Å². The lowest BCUT2D eigenvalue weighted by molar-refractivity contribution is -0.386. The van der Waals surface area contributed by atoms with E-state index in [9.17, 15) is 14.9 Å². The highest BCUT2D eigenvalue weighted by Crippen LogP contribution is 2.26. The van der Waals surface area contributed by atoms with Crippen molar-refractivity contribution in [3.8, 4) is 0 Å². The summed E-state index contributed by atoms with van der Waals surface area (Å²) < 4.78 is 4.54. The Morgan fingerprint density at radius 1 is 1.53 bits per heavy atom. The molecule has 5 nitrogen and oxygen atoms in total. The number of nitro benzene ring substituents is 1. The lowest BCUT2D eigenvalue weighted by atomic mass is 10.0. The van der Waals surface area contributed by atoms with Crippen molar-refractivity contribution in [1.29, 1.82) is 0 Å². The molecule has 92 valence electrons. The van der Waals surface area contributed by atoms with Gasteiger partial charge in [-0.05, 0) is 24.6 Å². The molecule has 0 N–H and O–H groups in total. The monoisotopic (exact) mass is 257 g/mol. The predicted octanol–water partition coefficient (Wildman–Crippen LogP) is 2.36. The van der Waals surface area contributed by atoms with Gasteiger partial charge >= 0.3 is 5.97 Å². The molecule has 0 spiro atoms. The number of ether oxygens (including phenoxy) is 1. The fraction of sp³-hybridized carbons (Fsp3) is 0.364. The molecular formula is C11H12ClNO4. The van der Waals surface area contributed by atoms with Gasteiger partial charge in [0.1, 0.15) is 0 Å². The second kappa shape index (κ2) is 5.63. The smallest absolute Gasteiger partial charge is 0.309 e. The molecule has 0 atom stereocenters. The van der Waals surface area contributed by atoms with Crippen LogP contribution in [-0.4, -0.2) is 18.0 Å². The first-order valence-electron chi connectivity index (χ1n) is 4.89. The van der Waals surface area contributed by atoms with E-state index >= 15 is 0 Å². The first kappa shape index (κ1) is 13.4. The number of carbonyl (C=O) groups excluding carboxylic acids is 1. The van der Waals surface area contributed by atoms with Crippen molar-refractivity contribution in [2.45, 2.75) is 19.2 Å². The molecule has 0 fully saturated rings. The van der Waals surface area contributed by atoms with Gasteiger partial charge in [0.2, 0.25) is 0 Å². The van der Waals surface area contributed by atoms with Gasteiger partial charge in [-0.1, -0.05) is 0 Å². The van der Waals surface area contributed by atoms with Crippen LogP contribution in [0.1, 0.15) is 16.7 Å². The summed E-state index contributed by atoms with van der Waals surface area (Å²) in [5.74, 6) is -0.356.